The molecular weight excluding hydrogens is 242 g/mol. The third kappa shape index (κ3) is 9.51. The van der Waals surface area contributed by atoms with Crippen molar-refractivity contribution in [2.45, 2.75) is 5.48 Å². The number of rotatable bonds is 0. The van der Waals surface area contributed by atoms with Gasteiger partial charge in [-0.15, -0.1) is 0 Å². The van der Waals surface area contributed by atoms with Gasteiger partial charge in [-0.3, -0.25) is 0 Å². The summed E-state index contributed by atoms with van der Waals surface area (Å²) in [5.41, 5.74) is 2.19. The fourth-order valence-corrected chi connectivity index (χ4v) is 0. The molecule has 0 fully saturated rings. The van der Waals surface area contributed by atoms with Crippen molar-refractivity contribution in [3.8, 4) is 0 Å². The van der Waals surface area contributed by atoms with Gasteiger partial charge in [0.05, 0.1) is 0 Å². The van der Waals surface area contributed by atoms with E-state index < -0.39 is 12.3 Å². The minimum absolute atomic E-state index is 0.854. The van der Waals surface area contributed by atoms with Crippen LogP contribution >= 0.6 is 27.1 Å². The predicted molar refractivity (Wildman–Crippen MR) is 29.5 cm³/mol. The summed E-state index contributed by atoms with van der Waals surface area (Å²) in [5, 5.41) is 0. The van der Waals surface area contributed by atoms with Crippen LogP contribution in [-0.4, -0.2) is 12.3 Å². The Kier molecular flexibility index (Phi) is 3.94. The van der Waals surface area contributed by atoms with E-state index in [0.717, 1.165) is 0 Å². The van der Waals surface area contributed by atoms with Gasteiger partial charge < -0.3 is 0 Å². The van der Waals surface area contributed by atoms with E-state index in [-0.39, 0.29) is 0 Å². The van der Waals surface area contributed by atoms with Gasteiger partial charge in [0.25, 0.3) is 0 Å². The SMILES string of the molecule is [CH3][Ga]([Br])[Br]. The van der Waals surface area contributed by atoms with Crippen LogP contribution in [0.25, 0.3) is 0 Å². The molecule has 0 bridgehead atoms. The fraction of sp³-hybridized carbons (Fsp3) is 1.00. The number of halogens is 2. The molecule has 0 saturated carbocycles. The Hall–Kier alpha value is 1.60. The van der Waals surface area contributed by atoms with Gasteiger partial charge in [-0.1, -0.05) is 0 Å². The molecule has 0 aromatic heterocycles. The van der Waals surface area contributed by atoms with Crippen LogP contribution in [0.2, 0.25) is 5.48 Å². The number of hydrogen-bond donors (Lipinski definition) is 0. The van der Waals surface area contributed by atoms with Crippen LogP contribution in [-0.2, 0) is 0 Å². The Bertz CT molecular complexity index is 10.8. The summed E-state index contributed by atoms with van der Waals surface area (Å²) in [6, 6.07) is 0. The van der Waals surface area contributed by atoms with Crippen LogP contribution in [0.5, 0.6) is 0 Å². The van der Waals surface area contributed by atoms with E-state index in [1.54, 1.807) is 0 Å². The Labute approximate surface area is 44.6 Å². The molecule has 0 N–H and O–H groups in total. The van der Waals surface area contributed by atoms with Gasteiger partial charge in [0.1, 0.15) is 0 Å². The van der Waals surface area contributed by atoms with Crippen molar-refractivity contribution < 1.29 is 0 Å². The fourth-order valence-electron chi connectivity index (χ4n) is 0. The molecule has 0 radical (unpaired) electrons. The molecule has 4 heavy (non-hydrogen) atoms. The second-order valence-corrected chi connectivity index (χ2v) is 23.4. The third-order valence-corrected chi connectivity index (χ3v) is 0. The van der Waals surface area contributed by atoms with Crippen molar-refractivity contribution >= 4 is 39.4 Å². The van der Waals surface area contributed by atoms with Crippen molar-refractivity contribution in [1.82, 2.24) is 0 Å². The standard InChI is InChI=1S/CH3.2BrH.Ga/h1H3;2*1H;/q;;;+2/p-2. The van der Waals surface area contributed by atoms with E-state index in [1.807, 2.05) is 0 Å². The molecule has 0 rings (SSSR count). The molecule has 0 unspecified atom stereocenters. The summed E-state index contributed by atoms with van der Waals surface area (Å²) >= 11 is 5.90. The van der Waals surface area contributed by atoms with Crippen molar-refractivity contribution in [2.24, 2.45) is 0 Å². The van der Waals surface area contributed by atoms with Crippen molar-refractivity contribution in [2.75, 3.05) is 0 Å². The predicted octanol–water partition coefficient (Wildman–Crippen LogP) is 1.89. The maximum atomic E-state index is 3.38. The van der Waals surface area contributed by atoms with Crippen molar-refractivity contribution in [3.63, 3.8) is 0 Å². The van der Waals surface area contributed by atoms with Crippen LogP contribution in [0.4, 0.5) is 0 Å². The number of hydrogen-bond acceptors (Lipinski definition) is 0. The monoisotopic (exact) mass is 242 g/mol. The molecule has 0 saturated heterocycles. The summed E-state index contributed by atoms with van der Waals surface area (Å²) in [4.78, 5) is 0. The summed E-state index contributed by atoms with van der Waals surface area (Å²) in [6.07, 6.45) is 0. The molecule has 0 aliphatic heterocycles. The second-order valence-electron chi connectivity index (χ2n) is 0.519. The summed E-state index contributed by atoms with van der Waals surface area (Å²) in [5.74, 6) is 0. The van der Waals surface area contributed by atoms with Crippen LogP contribution in [0.1, 0.15) is 0 Å². The van der Waals surface area contributed by atoms with Crippen molar-refractivity contribution in [1.29, 1.82) is 0 Å². The van der Waals surface area contributed by atoms with Gasteiger partial charge in [0.15, 0.2) is 0 Å². The Balaban J connectivity index is 2.32. The summed E-state index contributed by atoms with van der Waals surface area (Å²) < 4.78 is 0. The van der Waals surface area contributed by atoms with E-state index in [0.29, 0.717) is 0 Å². The zero-order chi connectivity index (χ0) is 3.58. The van der Waals surface area contributed by atoms with E-state index in [4.69, 9.17) is 0 Å². The Morgan fingerprint density at radius 2 is 1.50 bits per heavy atom. The molecular formula is CH3Br2Ga. The molecule has 0 aromatic carbocycles. The third-order valence-electron chi connectivity index (χ3n) is 0. The van der Waals surface area contributed by atoms with Gasteiger partial charge in [-0.25, -0.2) is 0 Å². The Morgan fingerprint density at radius 3 is 1.50 bits per heavy atom. The zero-order valence-corrected chi connectivity index (χ0v) is 7.93. The second kappa shape index (κ2) is 2.81. The first-order valence-electron chi connectivity index (χ1n) is 1.01. The average Bonchev–Trinajstić information content (AvgIpc) is 0.811. The van der Waals surface area contributed by atoms with E-state index in [1.165, 1.54) is 0 Å². The maximum absolute atomic E-state index is 3.38. The molecule has 0 amide bonds. The quantitative estimate of drug-likeness (QED) is 0.571. The molecule has 0 aromatic rings. The van der Waals surface area contributed by atoms with Gasteiger partial charge in [0.2, 0.25) is 0 Å². The zero-order valence-electron chi connectivity index (χ0n) is 2.33. The molecule has 0 spiro atoms. The van der Waals surface area contributed by atoms with Gasteiger partial charge in [-0.05, 0) is 0 Å². The normalized spacial score (nSPS) is 6.75. The first-order valence-corrected chi connectivity index (χ1v) is 14.8. The molecule has 24 valence electrons. The van der Waals surface area contributed by atoms with Crippen LogP contribution in [0.3, 0.4) is 0 Å². The van der Waals surface area contributed by atoms with Crippen LogP contribution < -0.4 is 0 Å². The first-order chi connectivity index (χ1) is 1.73. The minimum atomic E-state index is -0.854. The summed E-state index contributed by atoms with van der Waals surface area (Å²) in [6.45, 7) is 0. The molecule has 0 nitrogen and oxygen atoms in total. The van der Waals surface area contributed by atoms with E-state index in [9.17, 15) is 0 Å². The average molecular weight is 245 g/mol. The van der Waals surface area contributed by atoms with Gasteiger partial charge in [0, 0.05) is 0 Å². The van der Waals surface area contributed by atoms with E-state index in [2.05, 4.69) is 32.6 Å². The summed E-state index contributed by atoms with van der Waals surface area (Å²) in [7, 11) is 0. The van der Waals surface area contributed by atoms with Crippen LogP contribution in [0.15, 0.2) is 0 Å². The molecule has 0 aliphatic rings. The topological polar surface area (TPSA) is 0 Å². The van der Waals surface area contributed by atoms with Gasteiger partial charge >= 0.3 is 44.9 Å². The van der Waals surface area contributed by atoms with Gasteiger partial charge in [-0.2, -0.15) is 0 Å². The van der Waals surface area contributed by atoms with Crippen molar-refractivity contribution in [3.05, 3.63) is 0 Å². The van der Waals surface area contributed by atoms with E-state index >= 15 is 0 Å². The first kappa shape index (κ1) is 5.60. The molecule has 0 aliphatic carbocycles. The molecule has 0 heterocycles. The molecule has 0 atom stereocenters. The Morgan fingerprint density at radius 1 is 1.50 bits per heavy atom. The van der Waals surface area contributed by atoms with Crippen LogP contribution in [0, 0.1) is 0 Å². The molecule has 3 heteroatoms.